The first kappa shape index (κ1) is 14.5. The van der Waals surface area contributed by atoms with Gasteiger partial charge in [0.05, 0.1) is 7.11 Å². The summed E-state index contributed by atoms with van der Waals surface area (Å²) in [5, 5.41) is 4.00. The molecule has 0 aliphatic rings. The molecule has 2 aromatic rings. The van der Waals surface area contributed by atoms with Gasteiger partial charge in [-0.2, -0.15) is 5.10 Å². The molecule has 0 bridgehead atoms. The minimum absolute atomic E-state index is 0.00991. The lowest BCUT2D eigenvalue weighted by atomic mass is 10.0. The summed E-state index contributed by atoms with van der Waals surface area (Å²) >= 11 is 3.31. The Morgan fingerprint density at radius 1 is 1.35 bits per heavy atom. The zero-order chi connectivity index (χ0) is 14.5. The number of carbonyl (C=O) groups excluding carboxylic acids is 2. The third-order valence-corrected chi connectivity index (χ3v) is 3.39. The second-order valence-electron chi connectivity index (χ2n) is 4.16. The first-order valence-corrected chi connectivity index (χ1v) is 6.77. The van der Waals surface area contributed by atoms with Crippen LogP contribution in [0.1, 0.15) is 22.8 Å². The van der Waals surface area contributed by atoms with Crippen LogP contribution in [0.2, 0.25) is 0 Å². The third-order valence-electron chi connectivity index (χ3n) is 2.86. The maximum Gasteiger partial charge on any atom is 0.331 e. The van der Waals surface area contributed by atoms with E-state index in [-0.39, 0.29) is 12.2 Å². The van der Waals surface area contributed by atoms with Gasteiger partial charge in [0, 0.05) is 28.9 Å². The Labute approximate surface area is 124 Å². The van der Waals surface area contributed by atoms with Crippen LogP contribution in [0.25, 0.3) is 0 Å². The van der Waals surface area contributed by atoms with Crippen molar-refractivity contribution in [2.75, 3.05) is 7.11 Å². The molecule has 5 nitrogen and oxygen atoms in total. The highest BCUT2D eigenvalue weighted by molar-refractivity contribution is 9.10. The van der Waals surface area contributed by atoms with Crippen LogP contribution in [-0.2, 0) is 9.53 Å². The van der Waals surface area contributed by atoms with Gasteiger partial charge in [-0.05, 0) is 18.2 Å². The van der Waals surface area contributed by atoms with E-state index in [0.29, 0.717) is 5.56 Å². The summed E-state index contributed by atoms with van der Waals surface area (Å²) in [6.07, 6.45) is 3.20. The Kier molecular flexibility index (Phi) is 4.68. The molecule has 0 N–H and O–H groups in total. The van der Waals surface area contributed by atoms with Crippen LogP contribution < -0.4 is 0 Å². The molecule has 0 radical (unpaired) electrons. The molecule has 0 saturated heterocycles. The molecule has 104 valence electrons. The molecule has 0 fully saturated rings. The highest BCUT2D eigenvalue weighted by atomic mass is 79.9. The number of carbonyl (C=O) groups is 2. The smallest absolute Gasteiger partial charge is 0.331 e. The maximum absolute atomic E-state index is 12.2. The van der Waals surface area contributed by atoms with Crippen molar-refractivity contribution >= 4 is 27.7 Å². The molecule has 1 aromatic carbocycles. The maximum atomic E-state index is 12.2. The zero-order valence-corrected chi connectivity index (χ0v) is 12.4. The summed E-state index contributed by atoms with van der Waals surface area (Å²) < 4.78 is 7.06. The molecule has 0 unspecified atom stereocenters. The lowest BCUT2D eigenvalue weighted by Crippen LogP contribution is -2.24. The number of nitrogens with zero attached hydrogens (tertiary/aromatic N) is 2. The molecule has 0 saturated carbocycles. The van der Waals surface area contributed by atoms with Crippen molar-refractivity contribution in [2.45, 2.75) is 12.5 Å². The number of hydrogen-bond donors (Lipinski definition) is 0. The molecule has 6 heteroatoms. The normalized spacial score (nSPS) is 11.9. The van der Waals surface area contributed by atoms with Gasteiger partial charge in [-0.25, -0.2) is 4.79 Å². The molecule has 1 heterocycles. The van der Waals surface area contributed by atoms with Gasteiger partial charge < -0.3 is 4.74 Å². The van der Waals surface area contributed by atoms with Crippen molar-refractivity contribution < 1.29 is 14.3 Å². The average Bonchev–Trinajstić information content (AvgIpc) is 2.98. The standard InChI is InChI=1S/C14H13BrN2O3/c1-20-14(19)12(17-8-2-7-16-17)9-13(18)10-3-5-11(15)6-4-10/h2-8,12H,9H2,1H3/t12-/m0/s1. The Hall–Kier alpha value is -1.95. The van der Waals surface area contributed by atoms with Crippen LogP contribution in [-0.4, -0.2) is 28.6 Å². The largest absolute Gasteiger partial charge is 0.467 e. The Balaban J connectivity index is 2.18. The fourth-order valence-electron chi connectivity index (χ4n) is 1.82. The number of methoxy groups -OCH3 is 1. The molecule has 0 aliphatic heterocycles. The second kappa shape index (κ2) is 6.47. The van der Waals surface area contributed by atoms with Crippen molar-refractivity contribution in [3.63, 3.8) is 0 Å². The summed E-state index contributed by atoms with van der Waals surface area (Å²) in [7, 11) is 1.29. The molecule has 0 amide bonds. The van der Waals surface area contributed by atoms with E-state index in [2.05, 4.69) is 21.0 Å². The van der Waals surface area contributed by atoms with Crippen molar-refractivity contribution in [3.05, 3.63) is 52.8 Å². The lowest BCUT2D eigenvalue weighted by Gasteiger charge is -2.14. The fraction of sp³-hybridized carbons (Fsp3) is 0.214. The van der Waals surface area contributed by atoms with Crippen LogP contribution in [0.5, 0.6) is 0 Å². The van der Waals surface area contributed by atoms with E-state index in [0.717, 1.165) is 4.47 Å². The van der Waals surface area contributed by atoms with Crippen LogP contribution in [0.4, 0.5) is 0 Å². The summed E-state index contributed by atoms with van der Waals surface area (Å²) in [6, 6.07) is 7.95. The summed E-state index contributed by atoms with van der Waals surface area (Å²) in [5.41, 5.74) is 0.550. The number of benzene rings is 1. The SMILES string of the molecule is COC(=O)[C@H](CC(=O)c1ccc(Br)cc1)n1cccn1. The number of esters is 1. The van der Waals surface area contributed by atoms with Crippen LogP contribution in [0.3, 0.4) is 0 Å². The van der Waals surface area contributed by atoms with E-state index in [9.17, 15) is 9.59 Å². The first-order valence-electron chi connectivity index (χ1n) is 5.97. The topological polar surface area (TPSA) is 61.2 Å². The molecular formula is C14H13BrN2O3. The van der Waals surface area contributed by atoms with E-state index >= 15 is 0 Å². The van der Waals surface area contributed by atoms with Gasteiger partial charge in [0.1, 0.15) is 0 Å². The van der Waals surface area contributed by atoms with E-state index in [4.69, 9.17) is 4.74 Å². The zero-order valence-electron chi connectivity index (χ0n) is 10.8. The molecule has 1 atom stereocenters. The molecule has 1 aromatic heterocycles. The number of ketones is 1. The summed E-state index contributed by atoms with van der Waals surface area (Å²) in [6.45, 7) is 0. The highest BCUT2D eigenvalue weighted by Crippen LogP contribution is 2.18. The van der Waals surface area contributed by atoms with Crippen molar-refractivity contribution in [2.24, 2.45) is 0 Å². The number of Topliss-reactive ketones (excluding diaryl/α,β-unsaturated/α-hetero) is 1. The van der Waals surface area contributed by atoms with Gasteiger partial charge in [-0.1, -0.05) is 28.1 Å². The number of ether oxygens (including phenoxy) is 1. The quantitative estimate of drug-likeness (QED) is 0.622. The lowest BCUT2D eigenvalue weighted by molar-refractivity contribution is -0.144. The molecule has 20 heavy (non-hydrogen) atoms. The van der Waals surface area contributed by atoms with Gasteiger partial charge in [-0.3, -0.25) is 9.48 Å². The number of aromatic nitrogens is 2. The molecule has 0 aliphatic carbocycles. The fourth-order valence-corrected chi connectivity index (χ4v) is 2.08. The number of halogens is 1. The van der Waals surface area contributed by atoms with E-state index in [1.807, 2.05) is 0 Å². The number of hydrogen-bond acceptors (Lipinski definition) is 4. The third kappa shape index (κ3) is 3.33. The monoisotopic (exact) mass is 336 g/mol. The Bertz CT molecular complexity index is 593. The van der Waals surface area contributed by atoms with Gasteiger partial charge in [0.15, 0.2) is 11.8 Å². The van der Waals surface area contributed by atoms with Gasteiger partial charge in [-0.15, -0.1) is 0 Å². The minimum Gasteiger partial charge on any atom is -0.467 e. The predicted molar refractivity (Wildman–Crippen MR) is 76.4 cm³/mol. The van der Waals surface area contributed by atoms with Crippen molar-refractivity contribution in [3.8, 4) is 0 Å². The van der Waals surface area contributed by atoms with Crippen LogP contribution >= 0.6 is 15.9 Å². The van der Waals surface area contributed by atoms with E-state index in [1.165, 1.54) is 11.8 Å². The number of rotatable bonds is 5. The van der Waals surface area contributed by atoms with Crippen LogP contribution in [0, 0.1) is 0 Å². The van der Waals surface area contributed by atoms with E-state index < -0.39 is 12.0 Å². The Morgan fingerprint density at radius 2 is 2.05 bits per heavy atom. The van der Waals surface area contributed by atoms with Gasteiger partial charge in [0.2, 0.25) is 0 Å². The summed E-state index contributed by atoms with van der Waals surface area (Å²) in [4.78, 5) is 24.0. The first-order chi connectivity index (χ1) is 9.61. The minimum atomic E-state index is -0.744. The van der Waals surface area contributed by atoms with Gasteiger partial charge in [0.25, 0.3) is 0 Å². The summed E-state index contributed by atoms with van der Waals surface area (Å²) in [5.74, 6) is -0.623. The average molecular weight is 337 g/mol. The molecule has 2 rings (SSSR count). The highest BCUT2D eigenvalue weighted by Gasteiger charge is 2.25. The van der Waals surface area contributed by atoms with Gasteiger partial charge >= 0.3 is 5.97 Å². The van der Waals surface area contributed by atoms with Crippen molar-refractivity contribution in [1.82, 2.24) is 9.78 Å². The molecule has 0 spiro atoms. The predicted octanol–water partition coefficient (Wildman–Crippen LogP) is 2.63. The van der Waals surface area contributed by atoms with E-state index in [1.54, 1.807) is 42.7 Å². The van der Waals surface area contributed by atoms with Crippen LogP contribution in [0.15, 0.2) is 47.2 Å². The second-order valence-corrected chi connectivity index (χ2v) is 5.07. The molecular weight excluding hydrogens is 324 g/mol. The Morgan fingerprint density at radius 3 is 2.60 bits per heavy atom. The van der Waals surface area contributed by atoms with Crippen molar-refractivity contribution in [1.29, 1.82) is 0 Å².